The molecule has 160 valence electrons. The van der Waals surface area contributed by atoms with Gasteiger partial charge in [0.1, 0.15) is 12.2 Å². The molecule has 2 aromatic rings. The first-order chi connectivity index (χ1) is 14.5. The molecule has 0 spiro atoms. The first-order valence-electron chi connectivity index (χ1n) is 10.7. The topological polar surface area (TPSA) is 62.7 Å². The Balaban J connectivity index is 1.50. The third-order valence-electron chi connectivity index (χ3n) is 5.53. The number of hydrogen-bond acceptors (Lipinski definition) is 5. The zero-order chi connectivity index (χ0) is 21.1. The number of carbonyl (C=O) groups excluding carboxylic acids is 2. The van der Waals surface area contributed by atoms with Gasteiger partial charge in [0.15, 0.2) is 0 Å². The fourth-order valence-electron chi connectivity index (χ4n) is 3.57. The summed E-state index contributed by atoms with van der Waals surface area (Å²) in [5, 5.41) is 2.74. The van der Waals surface area contributed by atoms with Gasteiger partial charge < -0.3 is 14.5 Å². The smallest absolute Gasteiger partial charge is 0.273 e. The average Bonchev–Trinajstić information content (AvgIpc) is 3.46. The molecule has 0 radical (unpaired) electrons. The summed E-state index contributed by atoms with van der Waals surface area (Å²) in [5.41, 5.74) is 1.50. The van der Waals surface area contributed by atoms with E-state index in [1.165, 1.54) is 24.2 Å². The zero-order valence-electron chi connectivity index (χ0n) is 17.6. The molecular weight excluding hydrogens is 398 g/mol. The van der Waals surface area contributed by atoms with Crippen molar-refractivity contribution in [3.8, 4) is 0 Å². The summed E-state index contributed by atoms with van der Waals surface area (Å²) >= 11 is 1.50. The van der Waals surface area contributed by atoms with Gasteiger partial charge in [-0.3, -0.25) is 9.59 Å². The Bertz CT molecular complexity index is 879. The van der Waals surface area contributed by atoms with Crippen molar-refractivity contribution in [2.45, 2.75) is 45.3 Å². The molecule has 2 heterocycles. The maximum atomic E-state index is 13.1. The molecule has 1 aromatic heterocycles. The van der Waals surface area contributed by atoms with E-state index in [1.807, 2.05) is 35.2 Å². The molecule has 4 rings (SSSR count). The van der Waals surface area contributed by atoms with Gasteiger partial charge in [0.25, 0.3) is 5.91 Å². The monoisotopic (exact) mass is 427 g/mol. The van der Waals surface area contributed by atoms with Crippen molar-refractivity contribution in [2.24, 2.45) is 5.92 Å². The van der Waals surface area contributed by atoms with Crippen LogP contribution in [-0.2, 0) is 16.1 Å². The van der Waals surface area contributed by atoms with Crippen LogP contribution in [0.3, 0.4) is 0 Å². The van der Waals surface area contributed by atoms with Crippen molar-refractivity contribution in [1.29, 1.82) is 0 Å². The maximum absolute atomic E-state index is 13.1. The third-order valence-corrected chi connectivity index (χ3v) is 6.68. The largest absolute Gasteiger partial charge is 0.374 e. The third kappa shape index (κ3) is 5.26. The lowest BCUT2D eigenvalue weighted by Gasteiger charge is -2.24. The number of amides is 2. The standard InChI is InChI=1S/C23H29N3O3S/c1-16(2)22-24-20(15-30-22)23(28)26-12-19(29-14-18-8-9-18)11-25(21(27)13-26)10-17-6-4-3-5-7-17/h3-7,15-16,18-19H,8-14H2,1-2H3/t19-/m0/s1. The van der Waals surface area contributed by atoms with Crippen LogP contribution in [0.5, 0.6) is 0 Å². The molecule has 30 heavy (non-hydrogen) atoms. The summed E-state index contributed by atoms with van der Waals surface area (Å²) in [4.78, 5) is 34.1. The second-order valence-electron chi connectivity index (χ2n) is 8.57. The Morgan fingerprint density at radius 2 is 2.00 bits per heavy atom. The Morgan fingerprint density at radius 3 is 2.67 bits per heavy atom. The Labute approximate surface area is 181 Å². The van der Waals surface area contributed by atoms with Gasteiger partial charge in [-0.2, -0.15) is 0 Å². The highest BCUT2D eigenvalue weighted by atomic mass is 32.1. The van der Waals surface area contributed by atoms with Crippen LogP contribution in [0.2, 0.25) is 0 Å². The number of thiazole rings is 1. The summed E-state index contributed by atoms with van der Waals surface area (Å²) < 4.78 is 6.16. The van der Waals surface area contributed by atoms with E-state index in [0.717, 1.165) is 10.6 Å². The second kappa shape index (κ2) is 9.27. The van der Waals surface area contributed by atoms with Crippen molar-refractivity contribution >= 4 is 23.2 Å². The highest BCUT2D eigenvalue weighted by molar-refractivity contribution is 7.09. The van der Waals surface area contributed by atoms with Crippen molar-refractivity contribution < 1.29 is 14.3 Å². The lowest BCUT2D eigenvalue weighted by atomic mass is 10.2. The minimum Gasteiger partial charge on any atom is -0.374 e. The Hall–Kier alpha value is -2.25. The van der Waals surface area contributed by atoms with Crippen LogP contribution < -0.4 is 0 Å². The number of carbonyl (C=O) groups is 2. The Morgan fingerprint density at radius 1 is 1.23 bits per heavy atom. The van der Waals surface area contributed by atoms with Gasteiger partial charge in [0.05, 0.1) is 11.1 Å². The molecule has 1 saturated carbocycles. The molecule has 1 aromatic carbocycles. The molecule has 1 aliphatic heterocycles. The molecule has 1 saturated heterocycles. The summed E-state index contributed by atoms with van der Waals surface area (Å²) in [7, 11) is 0. The quantitative estimate of drug-likeness (QED) is 0.678. The first kappa shape index (κ1) is 21.0. The van der Waals surface area contributed by atoms with E-state index in [4.69, 9.17) is 4.74 Å². The highest BCUT2D eigenvalue weighted by Gasteiger charge is 2.33. The molecule has 6 nitrogen and oxygen atoms in total. The predicted molar refractivity (Wildman–Crippen MR) is 116 cm³/mol. The van der Waals surface area contributed by atoms with E-state index >= 15 is 0 Å². The molecule has 0 unspecified atom stereocenters. The van der Waals surface area contributed by atoms with Crippen LogP contribution >= 0.6 is 11.3 Å². The van der Waals surface area contributed by atoms with Crippen molar-refractivity contribution in [2.75, 3.05) is 26.2 Å². The molecule has 2 aliphatic rings. The predicted octanol–water partition coefficient (Wildman–Crippen LogP) is 3.55. The minimum absolute atomic E-state index is 0.0518. The summed E-state index contributed by atoms with van der Waals surface area (Å²) in [6.07, 6.45) is 2.23. The van der Waals surface area contributed by atoms with E-state index in [9.17, 15) is 9.59 Å². The van der Waals surface area contributed by atoms with Crippen molar-refractivity contribution in [3.63, 3.8) is 0 Å². The van der Waals surface area contributed by atoms with Crippen LogP contribution in [0.25, 0.3) is 0 Å². The lowest BCUT2D eigenvalue weighted by Crippen LogP contribution is -2.40. The van der Waals surface area contributed by atoms with E-state index < -0.39 is 0 Å². The first-order valence-corrected chi connectivity index (χ1v) is 11.6. The molecular formula is C23H29N3O3S. The van der Waals surface area contributed by atoms with Crippen LogP contribution in [0, 0.1) is 5.92 Å². The lowest BCUT2D eigenvalue weighted by molar-refractivity contribution is -0.132. The van der Waals surface area contributed by atoms with Gasteiger partial charge in [-0.25, -0.2) is 4.98 Å². The van der Waals surface area contributed by atoms with Crippen LogP contribution in [0.1, 0.15) is 53.7 Å². The zero-order valence-corrected chi connectivity index (χ0v) is 18.4. The number of hydrogen-bond donors (Lipinski definition) is 0. The van der Waals surface area contributed by atoms with E-state index in [1.54, 1.807) is 10.3 Å². The van der Waals surface area contributed by atoms with Gasteiger partial charge in [0.2, 0.25) is 5.91 Å². The molecule has 0 bridgehead atoms. The Kier molecular flexibility index (Phi) is 6.49. The van der Waals surface area contributed by atoms with Gasteiger partial charge >= 0.3 is 0 Å². The van der Waals surface area contributed by atoms with Gasteiger partial charge in [-0.1, -0.05) is 44.2 Å². The number of benzene rings is 1. The van der Waals surface area contributed by atoms with Crippen LogP contribution in [0.4, 0.5) is 0 Å². The highest BCUT2D eigenvalue weighted by Crippen LogP contribution is 2.29. The van der Waals surface area contributed by atoms with E-state index in [-0.39, 0.29) is 30.4 Å². The van der Waals surface area contributed by atoms with Crippen molar-refractivity contribution in [3.05, 3.63) is 52.0 Å². The van der Waals surface area contributed by atoms with Crippen LogP contribution in [0.15, 0.2) is 35.7 Å². The molecule has 1 aliphatic carbocycles. The molecule has 2 amide bonds. The molecule has 2 fully saturated rings. The van der Waals surface area contributed by atoms with Gasteiger partial charge in [-0.05, 0) is 24.3 Å². The summed E-state index contributed by atoms with van der Waals surface area (Å²) in [5.74, 6) is 0.665. The normalized spacial score (nSPS) is 20.0. The maximum Gasteiger partial charge on any atom is 0.273 e. The number of ether oxygens (including phenoxy) is 1. The number of aromatic nitrogens is 1. The fraction of sp³-hybridized carbons (Fsp3) is 0.522. The van der Waals surface area contributed by atoms with Gasteiger partial charge in [-0.15, -0.1) is 11.3 Å². The van der Waals surface area contributed by atoms with E-state index in [2.05, 4.69) is 18.8 Å². The number of rotatable bonds is 7. The second-order valence-corrected chi connectivity index (χ2v) is 9.46. The molecule has 7 heteroatoms. The van der Waals surface area contributed by atoms with Crippen LogP contribution in [-0.4, -0.2) is 58.9 Å². The fourth-order valence-corrected chi connectivity index (χ4v) is 4.37. The van der Waals surface area contributed by atoms with E-state index in [0.29, 0.717) is 37.9 Å². The van der Waals surface area contributed by atoms with Crippen molar-refractivity contribution in [1.82, 2.24) is 14.8 Å². The minimum atomic E-state index is -0.187. The summed E-state index contributed by atoms with van der Waals surface area (Å²) in [6, 6.07) is 9.95. The SMILES string of the molecule is CC(C)c1nc(C(=O)N2CC(=O)N(Cc3ccccc3)C[C@H](OCC3CC3)C2)cs1. The molecule has 0 N–H and O–H groups in total. The summed E-state index contributed by atoms with van der Waals surface area (Å²) in [6.45, 7) is 6.32. The van der Waals surface area contributed by atoms with Gasteiger partial charge in [0, 0.05) is 37.5 Å². The average molecular weight is 428 g/mol. The number of nitrogens with zero attached hydrogens (tertiary/aromatic N) is 3. The molecule has 1 atom stereocenters.